The van der Waals surface area contributed by atoms with E-state index in [9.17, 15) is 0 Å². The van der Waals surface area contributed by atoms with Crippen molar-refractivity contribution in [3.05, 3.63) is 36.5 Å². The SMILES string of the molecule is CC(C)NCCN(C)c1ccnc2ccccc12. The fraction of sp³-hybridized carbons (Fsp3) is 0.400. The lowest BCUT2D eigenvalue weighted by Crippen LogP contribution is -2.32. The van der Waals surface area contributed by atoms with Crippen molar-refractivity contribution in [1.29, 1.82) is 0 Å². The Labute approximate surface area is 109 Å². The van der Waals surface area contributed by atoms with Crippen molar-refractivity contribution in [2.75, 3.05) is 25.0 Å². The zero-order valence-electron chi connectivity index (χ0n) is 11.4. The molecule has 0 aliphatic heterocycles. The topological polar surface area (TPSA) is 28.2 Å². The van der Waals surface area contributed by atoms with E-state index in [1.54, 1.807) is 0 Å². The second-order valence-corrected chi connectivity index (χ2v) is 4.88. The average molecular weight is 243 g/mol. The number of para-hydroxylation sites is 1. The second-order valence-electron chi connectivity index (χ2n) is 4.88. The van der Waals surface area contributed by atoms with Crippen LogP contribution in [-0.4, -0.2) is 31.2 Å². The third-order valence-corrected chi connectivity index (χ3v) is 3.04. The summed E-state index contributed by atoms with van der Waals surface area (Å²) in [5, 5.41) is 4.65. The molecule has 0 spiro atoms. The molecule has 0 saturated carbocycles. The molecule has 0 atom stereocenters. The Morgan fingerprint density at radius 2 is 2.00 bits per heavy atom. The first-order valence-electron chi connectivity index (χ1n) is 6.47. The molecule has 18 heavy (non-hydrogen) atoms. The van der Waals surface area contributed by atoms with Crippen LogP contribution in [0.25, 0.3) is 10.9 Å². The highest BCUT2D eigenvalue weighted by Gasteiger charge is 2.05. The Kier molecular flexibility index (Phi) is 4.15. The molecular weight excluding hydrogens is 222 g/mol. The molecule has 96 valence electrons. The van der Waals surface area contributed by atoms with E-state index < -0.39 is 0 Å². The van der Waals surface area contributed by atoms with Crippen LogP contribution < -0.4 is 10.2 Å². The van der Waals surface area contributed by atoms with Gasteiger partial charge in [0.05, 0.1) is 5.52 Å². The number of hydrogen-bond donors (Lipinski definition) is 1. The number of likely N-dealkylation sites (N-methyl/N-ethyl adjacent to an activating group) is 1. The monoisotopic (exact) mass is 243 g/mol. The molecule has 1 aromatic carbocycles. The predicted molar refractivity (Wildman–Crippen MR) is 78.2 cm³/mol. The first kappa shape index (κ1) is 12.8. The van der Waals surface area contributed by atoms with Gasteiger partial charge < -0.3 is 10.2 Å². The predicted octanol–water partition coefficient (Wildman–Crippen LogP) is 2.67. The van der Waals surface area contributed by atoms with Crippen LogP contribution in [0.2, 0.25) is 0 Å². The molecule has 1 aromatic heterocycles. The highest BCUT2D eigenvalue weighted by Crippen LogP contribution is 2.23. The molecule has 2 aromatic rings. The summed E-state index contributed by atoms with van der Waals surface area (Å²) in [7, 11) is 2.13. The van der Waals surface area contributed by atoms with Gasteiger partial charge in [-0.15, -0.1) is 0 Å². The van der Waals surface area contributed by atoms with Crippen molar-refractivity contribution in [2.45, 2.75) is 19.9 Å². The van der Waals surface area contributed by atoms with Gasteiger partial charge in [0.25, 0.3) is 0 Å². The zero-order valence-corrected chi connectivity index (χ0v) is 11.4. The van der Waals surface area contributed by atoms with Crippen LogP contribution in [0.15, 0.2) is 36.5 Å². The van der Waals surface area contributed by atoms with Gasteiger partial charge in [-0.25, -0.2) is 0 Å². The van der Waals surface area contributed by atoms with E-state index in [4.69, 9.17) is 0 Å². The van der Waals surface area contributed by atoms with Crippen molar-refractivity contribution in [1.82, 2.24) is 10.3 Å². The number of pyridine rings is 1. The van der Waals surface area contributed by atoms with E-state index in [0.717, 1.165) is 18.6 Å². The molecule has 0 fully saturated rings. The van der Waals surface area contributed by atoms with Gasteiger partial charge in [-0.05, 0) is 12.1 Å². The summed E-state index contributed by atoms with van der Waals surface area (Å²) < 4.78 is 0. The number of nitrogens with zero attached hydrogens (tertiary/aromatic N) is 2. The largest absolute Gasteiger partial charge is 0.373 e. The molecular formula is C15H21N3. The van der Waals surface area contributed by atoms with Crippen molar-refractivity contribution >= 4 is 16.6 Å². The highest BCUT2D eigenvalue weighted by atomic mass is 15.1. The maximum Gasteiger partial charge on any atom is 0.0722 e. The molecule has 0 aliphatic carbocycles. The summed E-state index contributed by atoms with van der Waals surface area (Å²) in [4.78, 5) is 6.67. The molecule has 0 amide bonds. The first-order chi connectivity index (χ1) is 8.68. The van der Waals surface area contributed by atoms with Gasteiger partial charge in [0, 0.05) is 43.4 Å². The van der Waals surface area contributed by atoms with E-state index in [1.807, 2.05) is 12.3 Å². The van der Waals surface area contributed by atoms with Gasteiger partial charge in [0.15, 0.2) is 0 Å². The number of fused-ring (bicyclic) bond motifs is 1. The van der Waals surface area contributed by atoms with E-state index in [0.29, 0.717) is 6.04 Å². The second kappa shape index (κ2) is 5.83. The Morgan fingerprint density at radius 1 is 1.22 bits per heavy atom. The van der Waals surface area contributed by atoms with Gasteiger partial charge in [-0.2, -0.15) is 0 Å². The van der Waals surface area contributed by atoms with Crippen molar-refractivity contribution in [2.24, 2.45) is 0 Å². The molecule has 0 bridgehead atoms. The van der Waals surface area contributed by atoms with E-state index in [1.165, 1.54) is 11.1 Å². The van der Waals surface area contributed by atoms with Crippen LogP contribution in [0.4, 0.5) is 5.69 Å². The highest BCUT2D eigenvalue weighted by molar-refractivity contribution is 5.91. The summed E-state index contributed by atoms with van der Waals surface area (Å²) in [5.74, 6) is 0. The van der Waals surface area contributed by atoms with Crippen LogP contribution >= 0.6 is 0 Å². The number of nitrogens with one attached hydrogen (secondary N) is 1. The number of rotatable bonds is 5. The quantitative estimate of drug-likeness (QED) is 0.875. The van der Waals surface area contributed by atoms with Crippen LogP contribution in [0.3, 0.4) is 0 Å². The fourth-order valence-corrected chi connectivity index (χ4v) is 2.06. The first-order valence-corrected chi connectivity index (χ1v) is 6.47. The van der Waals surface area contributed by atoms with Crippen molar-refractivity contribution < 1.29 is 0 Å². The molecule has 0 aliphatic rings. The Morgan fingerprint density at radius 3 is 2.78 bits per heavy atom. The molecule has 1 N–H and O–H groups in total. The lowest BCUT2D eigenvalue weighted by atomic mass is 10.2. The Bertz CT molecular complexity index is 503. The summed E-state index contributed by atoms with van der Waals surface area (Å²) in [6.07, 6.45) is 1.88. The third kappa shape index (κ3) is 2.99. The maximum atomic E-state index is 4.39. The minimum absolute atomic E-state index is 0.535. The normalized spacial score (nSPS) is 11.1. The Hall–Kier alpha value is -1.61. The number of anilines is 1. The van der Waals surface area contributed by atoms with E-state index >= 15 is 0 Å². The molecule has 0 radical (unpaired) electrons. The summed E-state index contributed by atoms with van der Waals surface area (Å²) in [5.41, 5.74) is 2.30. The standard InChI is InChI=1S/C15H21N3/c1-12(2)16-10-11-18(3)15-8-9-17-14-7-5-4-6-13(14)15/h4-9,12,16H,10-11H2,1-3H3. The van der Waals surface area contributed by atoms with Crippen LogP contribution in [-0.2, 0) is 0 Å². The van der Waals surface area contributed by atoms with Crippen LogP contribution in [0, 0.1) is 0 Å². The van der Waals surface area contributed by atoms with Crippen LogP contribution in [0.5, 0.6) is 0 Å². The molecule has 3 heteroatoms. The number of hydrogen-bond acceptors (Lipinski definition) is 3. The number of benzene rings is 1. The van der Waals surface area contributed by atoms with Gasteiger partial charge in [0.2, 0.25) is 0 Å². The van der Waals surface area contributed by atoms with Crippen molar-refractivity contribution in [3.63, 3.8) is 0 Å². The maximum absolute atomic E-state index is 4.39. The van der Waals surface area contributed by atoms with Crippen LogP contribution in [0.1, 0.15) is 13.8 Å². The fourth-order valence-electron chi connectivity index (χ4n) is 2.06. The summed E-state index contributed by atoms with van der Waals surface area (Å²) in [6, 6.07) is 10.9. The molecule has 1 heterocycles. The number of aromatic nitrogens is 1. The summed E-state index contributed by atoms with van der Waals surface area (Å²) in [6.45, 7) is 6.32. The van der Waals surface area contributed by atoms with Crippen molar-refractivity contribution in [3.8, 4) is 0 Å². The minimum atomic E-state index is 0.535. The molecule has 0 saturated heterocycles. The molecule has 0 unspecified atom stereocenters. The lowest BCUT2D eigenvalue weighted by molar-refractivity contribution is 0.589. The zero-order chi connectivity index (χ0) is 13.0. The lowest BCUT2D eigenvalue weighted by Gasteiger charge is -2.21. The third-order valence-electron chi connectivity index (χ3n) is 3.04. The van der Waals surface area contributed by atoms with Gasteiger partial charge in [0.1, 0.15) is 0 Å². The molecule has 3 nitrogen and oxygen atoms in total. The summed E-state index contributed by atoms with van der Waals surface area (Å²) >= 11 is 0. The smallest absolute Gasteiger partial charge is 0.0722 e. The van der Waals surface area contributed by atoms with Gasteiger partial charge in [-0.3, -0.25) is 4.98 Å². The molecule has 2 rings (SSSR count). The minimum Gasteiger partial charge on any atom is -0.373 e. The van der Waals surface area contributed by atoms with Gasteiger partial charge in [-0.1, -0.05) is 32.0 Å². The Balaban J connectivity index is 2.15. The van der Waals surface area contributed by atoms with Gasteiger partial charge >= 0.3 is 0 Å². The van der Waals surface area contributed by atoms with E-state index in [-0.39, 0.29) is 0 Å². The van der Waals surface area contributed by atoms with E-state index in [2.05, 4.69) is 60.4 Å². The average Bonchev–Trinajstić information content (AvgIpc) is 2.37.